The van der Waals surface area contributed by atoms with Crippen molar-refractivity contribution in [2.24, 2.45) is 0 Å². The van der Waals surface area contributed by atoms with E-state index in [1.165, 1.54) is 10.4 Å². The number of aromatic nitrogens is 5. The van der Waals surface area contributed by atoms with Crippen molar-refractivity contribution in [3.63, 3.8) is 0 Å². The van der Waals surface area contributed by atoms with E-state index in [9.17, 15) is 12.8 Å². The highest BCUT2D eigenvalue weighted by Gasteiger charge is 2.30. The molecular weight excluding hydrogens is 433 g/mol. The van der Waals surface area contributed by atoms with E-state index in [1.807, 2.05) is 11.8 Å². The zero-order valence-corrected chi connectivity index (χ0v) is 18.3. The van der Waals surface area contributed by atoms with Gasteiger partial charge in [0.25, 0.3) is 0 Å². The van der Waals surface area contributed by atoms with E-state index in [2.05, 4.69) is 24.9 Å². The second-order valence-electron chi connectivity index (χ2n) is 7.89. The molecule has 0 radical (unpaired) electrons. The average Bonchev–Trinajstić information content (AvgIpc) is 2.79. The molecule has 2 aliphatic rings. The molecule has 0 spiro atoms. The van der Waals surface area contributed by atoms with E-state index in [1.54, 1.807) is 30.7 Å². The summed E-state index contributed by atoms with van der Waals surface area (Å²) in [4.78, 5) is 23.5. The Morgan fingerprint density at radius 2 is 1.84 bits per heavy atom. The summed E-state index contributed by atoms with van der Waals surface area (Å²) in [5.41, 5.74) is 2.12. The SMILES string of the molecule is CC1c2cnc(-c3ncccn3)nc2CCN1c1cc(N2CCCCS2(=O)=O)cc(F)n1. The van der Waals surface area contributed by atoms with E-state index in [-0.39, 0.29) is 11.8 Å². The molecule has 0 aliphatic carbocycles. The minimum atomic E-state index is -3.45. The minimum Gasteiger partial charge on any atom is -0.349 e. The van der Waals surface area contributed by atoms with Gasteiger partial charge in [0.05, 0.1) is 23.2 Å². The predicted molar refractivity (Wildman–Crippen MR) is 117 cm³/mol. The molecule has 9 nitrogen and oxygen atoms in total. The molecule has 1 fully saturated rings. The van der Waals surface area contributed by atoms with Gasteiger partial charge < -0.3 is 4.90 Å². The van der Waals surface area contributed by atoms with Gasteiger partial charge in [-0.25, -0.2) is 33.3 Å². The van der Waals surface area contributed by atoms with Crippen LogP contribution < -0.4 is 9.21 Å². The first-order chi connectivity index (χ1) is 15.4. The lowest BCUT2D eigenvalue weighted by Gasteiger charge is -2.36. The molecule has 166 valence electrons. The van der Waals surface area contributed by atoms with E-state index in [4.69, 9.17) is 0 Å². The predicted octanol–water partition coefficient (Wildman–Crippen LogP) is 2.52. The number of pyridine rings is 1. The van der Waals surface area contributed by atoms with Crippen LogP contribution in [-0.4, -0.2) is 52.2 Å². The van der Waals surface area contributed by atoms with E-state index in [0.29, 0.717) is 49.1 Å². The molecule has 0 saturated carbocycles. The molecule has 1 saturated heterocycles. The molecule has 32 heavy (non-hydrogen) atoms. The fourth-order valence-electron chi connectivity index (χ4n) is 4.24. The average molecular weight is 456 g/mol. The zero-order chi connectivity index (χ0) is 22.3. The van der Waals surface area contributed by atoms with Crippen molar-refractivity contribution in [2.45, 2.75) is 32.2 Å². The van der Waals surface area contributed by atoms with Crippen molar-refractivity contribution in [3.8, 4) is 11.6 Å². The fourth-order valence-corrected chi connectivity index (χ4v) is 5.86. The van der Waals surface area contributed by atoms with Crippen LogP contribution in [0.4, 0.5) is 15.9 Å². The van der Waals surface area contributed by atoms with Crippen LogP contribution in [0.3, 0.4) is 0 Å². The summed E-state index contributed by atoms with van der Waals surface area (Å²) in [5, 5.41) is 0. The molecule has 1 atom stereocenters. The topological polar surface area (TPSA) is 105 Å². The number of fused-ring (bicyclic) bond motifs is 1. The highest BCUT2D eigenvalue weighted by molar-refractivity contribution is 7.92. The van der Waals surface area contributed by atoms with Gasteiger partial charge in [0.1, 0.15) is 5.82 Å². The molecule has 0 aromatic carbocycles. The minimum absolute atomic E-state index is 0.0740. The molecule has 3 aromatic rings. The van der Waals surface area contributed by atoms with Crippen LogP contribution >= 0.6 is 0 Å². The van der Waals surface area contributed by atoms with Crippen LogP contribution in [0.15, 0.2) is 36.8 Å². The third-order valence-electron chi connectivity index (χ3n) is 5.87. The van der Waals surface area contributed by atoms with Gasteiger partial charge in [-0.1, -0.05) is 0 Å². The second-order valence-corrected chi connectivity index (χ2v) is 9.90. The van der Waals surface area contributed by atoms with Crippen LogP contribution in [0.2, 0.25) is 0 Å². The number of sulfonamides is 1. The van der Waals surface area contributed by atoms with Crippen LogP contribution in [0.25, 0.3) is 11.6 Å². The normalized spacial score (nSPS) is 20.1. The van der Waals surface area contributed by atoms with Crippen molar-refractivity contribution < 1.29 is 12.8 Å². The van der Waals surface area contributed by atoms with Gasteiger partial charge >= 0.3 is 0 Å². The standard InChI is InChI=1S/C21H22FN7O2S/c1-14-16-13-25-21(20-23-6-4-7-24-20)26-17(16)5-9-28(14)19-12-15(11-18(22)27-19)29-8-2-3-10-32(29,30)31/h4,6-7,11-14H,2-3,5,8-10H2,1H3. The monoisotopic (exact) mass is 455 g/mol. The summed E-state index contributed by atoms with van der Waals surface area (Å²) in [6.45, 7) is 2.88. The van der Waals surface area contributed by atoms with Crippen molar-refractivity contribution in [1.82, 2.24) is 24.9 Å². The number of rotatable bonds is 3. The van der Waals surface area contributed by atoms with Crippen LogP contribution in [0.5, 0.6) is 0 Å². The van der Waals surface area contributed by atoms with Crippen LogP contribution in [0, 0.1) is 5.95 Å². The molecule has 2 aliphatic heterocycles. The summed E-state index contributed by atoms with van der Waals surface area (Å²) >= 11 is 0. The number of nitrogens with zero attached hydrogens (tertiary/aromatic N) is 7. The molecular formula is C21H22FN7O2S. The number of hydrogen-bond acceptors (Lipinski definition) is 8. The Hall–Kier alpha value is -3.21. The zero-order valence-electron chi connectivity index (χ0n) is 17.5. The maximum Gasteiger partial charge on any atom is 0.235 e. The molecule has 11 heteroatoms. The van der Waals surface area contributed by atoms with Gasteiger partial charge in [0.15, 0.2) is 11.6 Å². The van der Waals surface area contributed by atoms with Gasteiger partial charge in [0.2, 0.25) is 16.0 Å². The van der Waals surface area contributed by atoms with Crippen LogP contribution in [0.1, 0.15) is 37.1 Å². The van der Waals surface area contributed by atoms with E-state index >= 15 is 0 Å². The Morgan fingerprint density at radius 1 is 1.03 bits per heavy atom. The first-order valence-corrected chi connectivity index (χ1v) is 12.1. The molecule has 0 bridgehead atoms. The van der Waals surface area contributed by atoms with E-state index < -0.39 is 16.0 Å². The third-order valence-corrected chi connectivity index (χ3v) is 7.74. The van der Waals surface area contributed by atoms with Crippen molar-refractivity contribution in [3.05, 3.63) is 54.0 Å². The molecule has 5 rings (SSSR count). The lowest BCUT2D eigenvalue weighted by atomic mass is 9.99. The Bertz CT molecular complexity index is 1260. The number of hydrogen-bond donors (Lipinski definition) is 0. The summed E-state index contributed by atoms with van der Waals surface area (Å²) in [7, 11) is -3.45. The molecule has 5 heterocycles. The summed E-state index contributed by atoms with van der Waals surface area (Å²) in [6.07, 6.45) is 7.01. The molecule has 3 aromatic heterocycles. The maximum atomic E-state index is 14.5. The quantitative estimate of drug-likeness (QED) is 0.555. The van der Waals surface area contributed by atoms with Gasteiger partial charge in [-0.2, -0.15) is 4.39 Å². The number of halogens is 1. The smallest absolute Gasteiger partial charge is 0.235 e. The van der Waals surface area contributed by atoms with Gasteiger partial charge in [0, 0.05) is 55.8 Å². The van der Waals surface area contributed by atoms with Crippen molar-refractivity contribution in [1.29, 1.82) is 0 Å². The van der Waals surface area contributed by atoms with Crippen molar-refractivity contribution >= 4 is 21.5 Å². The fraction of sp³-hybridized carbons (Fsp3) is 0.381. The first kappa shape index (κ1) is 20.7. The van der Waals surface area contributed by atoms with E-state index in [0.717, 1.165) is 17.7 Å². The molecule has 0 amide bonds. The Labute approximate surface area is 185 Å². The summed E-state index contributed by atoms with van der Waals surface area (Å²) in [5.74, 6) is 0.694. The summed E-state index contributed by atoms with van der Waals surface area (Å²) in [6, 6.07) is 4.41. The number of anilines is 2. The van der Waals surface area contributed by atoms with Gasteiger partial charge in [-0.05, 0) is 25.8 Å². The Morgan fingerprint density at radius 3 is 2.62 bits per heavy atom. The summed E-state index contributed by atoms with van der Waals surface area (Å²) < 4.78 is 40.8. The Balaban J connectivity index is 1.46. The lowest BCUT2D eigenvalue weighted by Crippen LogP contribution is -2.39. The van der Waals surface area contributed by atoms with Gasteiger partial charge in [-0.15, -0.1) is 0 Å². The van der Waals surface area contributed by atoms with Crippen molar-refractivity contribution in [2.75, 3.05) is 28.0 Å². The Kier molecular flexibility index (Phi) is 5.20. The highest BCUT2D eigenvalue weighted by atomic mass is 32.2. The van der Waals surface area contributed by atoms with Gasteiger partial charge in [-0.3, -0.25) is 4.31 Å². The third kappa shape index (κ3) is 3.77. The molecule has 1 unspecified atom stereocenters. The highest BCUT2D eigenvalue weighted by Crippen LogP contribution is 2.34. The second kappa shape index (κ2) is 8.05. The largest absolute Gasteiger partial charge is 0.349 e. The first-order valence-electron chi connectivity index (χ1n) is 10.5. The van der Waals surface area contributed by atoms with Crippen LogP contribution in [-0.2, 0) is 16.4 Å². The molecule has 0 N–H and O–H groups in total. The maximum absolute atomic E-state index is 14.5. The lowest BCUT2D eigenvalue weighted by molar-refractivity contribution is 0.560.